The summed E-state index contributed by atoms with van der Waals surface area (Å²) in [6.07, 6.45) is 1.23. The fourth-order valence-electron chi connectivity index (χ4n) is 3.57. The van der Waals surface area contributed by atoms with Gasteiger partial charge in [0.15, 0.2) is 0 Å². The lowest BCUT2D eigenvalue weighted by Crippen LogP contribution is -2.45. The SMILES string of the molecule is CC1CN(C(=O)c2ccccc2Cc2ccccc2)CCC1C(=O)O. The fourth-order valence-corrected chi connectivity index (χ4v) is 3.57. The van der Waals surface area contributed by atoms with Crippen LogP contribution in [0.2, 0.25) is 0 Å². The molecule has 4 nitrogen and oxygen atoms in total. The quantitative estimate of drug-likeness (QED) is 0.929. The van der Waals surface area contributed by atoms with Crippen LogP contribution in [0, 0.1) is 11.8 Å². The monoisotopic (exact) mass is 337 g/mol. The van der Waals surface area contributed by atoms with E-state index in [9.17, 15) is 14.7 Å². The van der Waals surface area contributed by atoms with Gasteiger partial charge in [-0.1, -0.05) is 55.5 Å². The molecule has 0 saturated carbocycles. The predicted octanol–water partition coefficient (Wildman–Crippen LogP) is 3.46. The van der Waals surface area contributed by atoms with Gasteiger partial charge in [-0.25, -0.2) is 0 Å². The second kappa shape index (κ2) is 7.51. The van der Waals surface area contributed by atoms with Gasteiger partial charge in [0, 0.05) is 18.7 Å². The van der Waals surface area contributed by atoms with E-state index in [0.29, 0.717) is 31.5 Å². The topological polar surface area (TPSA) is 57.6 Å². The molecule has 1 fully saturated rings. The van der Waals surface area contributed by atoms with Crippen LogP contribution in [0.3, 0.4) is 0 Å². The van der Waals surface area contributed by atoms with Crippen molar-refractivity contribution in [3.05, 3.63) is 71.3 Å². The maximum atomic E-state index is 13.0. The minimum Gasteiger partial charge on any atom is -0.481 e. The van der Waals surface area contributed by atoms with Crippen LogP contribution in [0.5, 0.6) is 0 Å². The average Bonchev–Trinajstić information content (AvgIpc) is 2.62. The minimum absolute atomic E-state index is 0.00206. The first-order chi connectivity index (χ1) is 12.1. The second-order valence-corrected chi connectivity index (χ2v) is 6.78. The predicted molar refractivity (Wildman–Crippen MR) is 96.5 cm³/mol. The molecule has 1 aliphatic rings. The van der Waals surface area contributed by atoms with Crippen molar-refractivity contribution < 1.29 is 14.7 Å². The van der Waals surface area contributed by atoms with Crippen molar-refractivity contribution in [1.29, 1.82) is 0 Å². The molecule has 1 amide bonds. The number of benzene rings is 2. The van der Waals surface area contributed by atoms with Gasteiger partial charge < -0.3 is 10.0 Å². The Morgan fingerprint density at radius 3 is 2.44 bits per heavy atom. The summed E-state index contributed by atoms with van der Waals surface area (Å²) in [4.78, 5) is 26.1. The molecule has 1 saturated heterocycles. The molecule has 1 N–H and O–H groups in total. The molecule has 3 rings (SSSR count). The van der Waals surface area contributed by atoms with Crippen LogP contribution in [-0.4, -0.2) is 35.0 Å². The first kappa shape index (κ1) is 17.2. The summed E-state index contributed by atoms with van der Waals surface area (Å²) in [6.45, 7) is 2.91. The Bertz CT molecular complexity index is 757. The van der Waals surface area contributed by atoms with Gasteiger partial charge in [-0.2, -0.15) is 0 Å². The largest absolute Gasteiger partial charge is 0.481 e. The Kier molecular flexibility index (Phi) is 5.17. The molecular weight excluding hydrogens is 314 g/mol. The second-order valence-electron chi connectivity index (χ2n) is 6.78. The average molecular weight is 337 g/mol. The number of carbonyl (C=O) groups excluding carboxylic acids is 1. The number of hydrogen-bond donors (Lipinski definition) is 1. The van der Waals surface area contributed by atoms with Crippen molar-refractivity contribution in [3.63, 3.8) is 0 Å². The lowest BCUT2D eigenvalue weighted by atomic mass is 9.86. The van der Waals surface area contributed by atoms with Gasteiger partial charge in [0.2, 0.25) is 0 Å². The van der Waals surface area contributed by atoms with Crippen LogP contribution < -0.4 is 0 Å². The van der Waals surface area contributed by atoms with Crippen molar-refractivity contribution in [2.24, 2.45) is 11.8 Å². The van der Waals surface area contributed by atoms with E-state index in [1.54, 1.807) is 4.90 Å². The van der Waals surface area contributed by atoms with Gasteiger partial charge in [-0.05, 0) is 36.0 Å². The molecule has 1 heterocycles. The van der Waals surface area contributed by atoms with E-state index in [2.05, 4.69) is 12.1 Å². The lowest BCUT2D eigenvalue weighted by Gasteiger charge is -2.35. The van der Waals surface area contributed by atoms with Crippen molar-refractivity contribution in [2.75, 3.05) is 13.1 Å². The number of carbonyl (C=O) groups is 2. The summed E-state index contributed by atoms with van der Waals surface area (Å²) in [5, 5.41) is 9.26. The number of likely N-dealkylation sites (tertiary alicyclic amines) is 1. The highest BCUT2D eigenvalue weighted by atomic mass is 16.4. The number of amides is 1. The van der Waals surface area contributed by atoms with Gasteiger partial charge in [0.05, 0.1) is 5.92 Å². The van der Waals surface area contributed by atoms with Crippen molar-refractivity contribution >= 4 is 11.9 Å². The number of carboxylic acid groups (broad SMARTS) is 1. The molecule has 1 aliphatic heterocycles. The summed E-state index contributed by atoms with van der Waals surface area (Å²) in [6, 6.07) is 17.8. The number of nitrogens with zero attached hydrogens (tertiary/aromatic N) is 1. The van der Waals surface area contributed by atoms with Crippen molar-refractivity contribution in [1.82, 2.24) is 4.90 Å². The molecule has 130 valence electrons. The zero-order valence-electron chi connectivity index (χ0n) is 14.4. The molecule has 2 aromatic rings. The molecular formula is C21H23NO3. The Hall–Kier alpha value is -2.62. The van der Waals surface area contributed by atoms with Crippen LogP contribution in [0.4, 0.5) is 0 Å². The van der Waals surface area contributed by atoms with Crippen LogP contribution in [-0.2, 0) is 11.2 Å². The van der Waals surface area contributed by atoms with E-state index in [4.69, 9.17) is 0 Å². The summed E-state index contributed by atoms with van der Waals surface area (Å²) in [7, 11) is 0. The van der Waals surface area contributed by atoms with Crippen LogP contribution in [0.25, 0.3) is 0 Å². The maximum Gasteiger partial charge on any atom is 0.306 e. The Morgan fingerprint density at radius 2 is 1.76 bits per heavy atom. The number of aliphatic carboxylic acids is 1. The maximum absolute atomic E-state index is 13.0. The summed E-state index contributed by atoms with van der Waals surface area (Å²) >= 11 is 0. The fraction of sp³-hybridized carbons (Fsp3) is 0.333. The number of piperidine rings is 1. The van der Waals surface area contributed by atoms with E-state index < -0.39 is 5.97 Å². The zero-order chi connectivity index (χ0) is 17.8. The zero-order valence-corrected chi connectivity index (χ0v) is 14.4. The smallest absolute Gasteiger partial charge is 0.306 e. The minimum atomic E-state index is -0.760. The number of rotatable bonds is 4. The van der Waals surface area contributed by atoms with Gasteiger partial charge in [0.25, 0.3) is 5.91 Å². The third kappa shape index (κ3) is 3.90. The summed E-state index contributed by atoms with van der Waals surface area (Å²) < 4.78 is 0. The van der Waals surface area contributed by atoms with Gasteiger partial charge in [-0.15, -0.1) is 0 Å². The molecule has 2 unspecified atom stereocenters. The molecule has 0 bridgehead atoms. The number of hydrogen-bond acceptors (Lipinski definition) is 2. The van der Waals surface area contributed by atoms with Crippen molar-refractivity contribution in [2.45, 2.75) is 19.8 Å². The standard InChI is InChI=1S/C21H23NO3/c1-15-14-22(12-11-18(15)21(24)25)20(23)19-10-6-5-9-17(19)13-16-7-3-2-4-8-16/h2-10,15,18H,11-14H2,1H3,(H,24,25). The molecule has 0 radical (unpaired) electrons. The number of carboxylic acids is 1. The Morgan fingerprint density at radius 1 is 1.08 bits per heavy atom. The van der Waals surface area contributed by atoms with E-state index in [1.807, 2.05) is 49.4 Å². The molecule has 0 spiro atoms. The van der Waals surface area contributed by atoms with Gasteiger partial charge in [-0.3, -0.25) is 9.59 Å². The third-order valence-corrected chi connectivity index (χ3v) is 4.99. The van der Waals surface area contributed by atoms with Crippen molar-refractivity contribution in [3.8, 4) is 0 Å². The van der Waals surface area contributed by atoms with Gasteiger partial charge >= 0.3 is 5.97 Å². The molecule has 2 aromatic carbocycles. The highest BCUT2D eigenvalue weighted by Gasteiger charge is 2.33. The lowest BCUT2D eigenvalue weighted by molar-refractivity contribution is -0.145. The molecule has 4 heteroatoms. The van der Waals surface area contributed by atoms with Crippen LogP contribution in [0.1, 0.15) is 34.8 Å². The van der Waals surface area contributed by atoms with E-state index in [-0.39, 0.29) is 17.7 Å². The first-order valence-electron chi connectivity index (χ1n) is 8.70. The van der Waals surface area contributed by atoms with E-state index in [1.165, 1.54) is 5.56 Å². The van der Waals surface area contributed by atoms with Crippen LogP contribution in [0.15, 0.2) is 54.6 Å². The highest BCUT2D eigenvalue weighted by Crippen LogP contribution is 2.26. The first-order valence-corrected chi connectivity index (χ1v) is 8.70. The normalized spacial score (nSPS) is 20.3. The molecule has 25 heavy (non-hydrogen) atoms. The third-order valence-electron chi connectivity index (χ3n) is 4.99. The summed E-state index contributed by atoms with van der Waals surface area (Å²) in [5.41, 5.74) is 2.89. The van der Waals surface area contributed by atoms with E-state index in [0.717, 1.165) is 5.56 Å². The molecule has 2 atom stereocenters. The Balaban J connectivity index is 1.78. The Labute approximate surface area is 148 Å². The van der Waals surface area contributed by atoms with E-state index >= 15 is 0 Å². The van der Waals surface area contributed by atoms with Crippen LogP contribution >= 0.6 is 0 Å². The molecule has 0 aromatic heterocycles. The highest BCUT2D eigenvalue weighted by molar-refractivity contribution is 5.96. The molecule has 0 aliphatic carbocycles. The summed E-state index contributed by atoms with van der Waals surface area (Å²) in [5.74, 6) is -1.15. The van der Waals surface area contributed by atoms with Gasteiger partial charge in [0.1, 0.15) is 0 Å².